The van der Waals surface area contributed by atoms with Crippen LogP contribution in [0, 0.1) is 5.41 Å². The lowest BCUT2D eigenvalue weighted by Gasteiger charge is -2.36. The van der Waals surface area contributed by atoms with E-state index in [1.165, 1.54) is 4.90 Å². The Morgan fingerprint density at radius 3 is 2.67 bits per heavy atom. The number of aliphatic hydroxyl groups excluding tert-OH is 1. The summed E-state index contributed by atoms with van der Waals surface area (Å²) in [5, 5.41) is 12.1. The molecule has 1 aromatic rings. The molecule has 0 saturated carbocycles. The maximum absolute atomic E-state index is 11.9. The van der Waals surface area contributed by atoms with Crippen molar-refractivity contribution in [3.05, 3.63) is 24.2 Å². The van der Waals surface area contributed by atoms with Crippen LogP contribution in [0.5, 0.6) is 0 Å². The van der Waals surface area contributed by atoms with Gasteiger partial charge < -0.3 is 19.7 Å². The van der Waals surface area contributed by atoms with Gasteiger partial charge in [-0.15, -0.1) is 0 Å². The van der Waals surface area contributed by atoms with Gasteiger partial charge in [-0.05, 0) is 17.5 Å². The number of carbonyl (C=O) groups is 1. The average molecular weight is 254 g/mol. The zero-order valence-corrected chi connectivity index (χ0v) is 11.4. The van der Waals surface area contributed by atoms with Gasteiger partial charge in [0.15, 0.2) is 0 Å². The van der Waals surface area contributed by atoms with Crippen LogP contribution in [0.25, 0.3) is 0 Å². The molecule has 2 N–H and O–H groups in total. The van der Waals surface area contributed by atoms with Gasteiger partial charge in [-0.1, -0.05) is 20.8 Å². The number of urea groups is 1. The molecule has 0 fully saturated rings. The van der Waals surface area contributed by atoms with E-state index < -0.39 is 0 Å². The van der Waals surface area contributed by atoms with E-state index >= 15 is 0 Å². The first-order valence-electron chi connectivity index (χ1n) is 6.00. The van der Waals surface area contributed by atoms with Crippen LogP contribution < -0.4 is 5.32 Å². The number of amides is 2. The minimum Gasteiger partial charge on any atom is -0.467 e. The molecule has 18 heavy (non-hydrogen) atoms. The normalized spacial score (nSPS) is 13.2. The van der Waals surface area contributed by atoms with Crippen molar-refractivity contribution in [1.82, 2.24) is 10.2 Å². The maximum atomic E-state index is 11.9. The third-order valence-electron chi connectivity index (χ3n) is 2.95. The molecule has 1 rings (SSSR count). The Labute approximate surface area is 108 Å². The molecule has 0 radical (unpaired) electrons. The Morgan fingerprint density at radius 1 is 1.56 bits per heavy atom. The molecule has 1 atom stereocenters. The summed E-state index contributed by atoms with van der Waals surface area (Å²) in [6, 6.07) is 3.12. The number of hydrogen-bond donors (Lipinski definition) is 2. The second kappa shape index (κ2) is 5.91. The van der Waals surface area contributed by atoms with Crippen molar-refractivity contribution >= 4 is 6.03 Å². The van der Waals surface area contributed by atoms with Gasteiger partial charge in [0.1, 0.15) is 5.76 Å². The minimum absolute atomic E-state index is 0.0613. The zero-order chi connectivity index (χ0) is 13.8. The van der Waals surface area contributed by atoms with E-state index in [-0.39, 0.29) is 24.1 Å². The van der Waals surface area contributed by atoms with Crippen molar-refractivity contribution in [2.75, 3.05) is 13.7 Å². The first-order chi connectivity index (χ1) is 8.36. The van der Waals surface area contributed by atoms with Crippen molar-refractivity contribution in [1.29, 1.82) is 0 Å². The second-order valence-electron chi connectivity index (χ2n) is 5.41. The summed E-state index contributed by atoms with van der Waals surface area (Å²) in [6.45, 7) is 6.26. The van der Waals surface area contributed by atoms with Crippen molar-refractivity contribution in [2.24, 2.45) is 5.41 Å². The first kappa shape index (κ1) is 14.6. The van der Waals surface area contributed by atoms with Crippen LogP contribution in [-0.4, -0.2) is 35.7 Å². The fourth-order valence-electron chi connectivity index (χ4n) is 1.82. The van der Waals surface area contributed by atoms with Gasteiger partial charge in [0.2, 0.25) is 0 Å². The number of likely N-dealkylation sites (N-methyl/N-ethyl adjacent to an activating group) is 1. The highest BCUT2D eigenvalue weighted by molar-refractivity contribution is 5.74. The molecule has 0 aliphatic rings. The average Bonchev–Trinajstić information content (AvgIpc) is 2.77. The summed E-state index contributed by atoms with van der Waals surface area (Å²) in [4.78, 5) is 13.5. The van der Waals surface area contributed by atoms with Gasteiger partial charge in [-0.25, -0.2) is 4.79 Å². The van der Waals surface area contributed by atoms with E-state index in [1.807, 2.05) is 20.8 Å². The third-order valence-corrected chi connectivity index (χ3v) is 2.95. The molecule has 0 aliphatic carbocycles. The third kappa shape index (κ3) is 3.77. The van der Waals surface area contributed by atoms with Gasteiger partial charge in [0.05, 0.1) is 25.5 Å². The Bertz CT molecular complexity index is 368. The molecule has 1 unspecified atom stereocenters. The molecule has 1 aromatic heterocycles. The minimum atomic E-state index is -0.228. The molecule has 5 nitrogen and oxygen atoms in total. The predicted octanol–water partition coefficient (Wildman–Crippen LogP) is 1.83. The maximum Gasteiger partial charge on any atom is 0.317 e. The lowest BCUT2D eigenvalue weighted by Crippen LogP contribution is -2.50. The molecule has 0 aromatic carbocycles. The Morgan fingerprint density at radius 2 is 2.22 bits per heavy atom. The quantitative estimate of drug-likeness (QED) is 0.861. The summed E-state index contributed by atoms with van der Waals surface area (Å²) in [5.41, 5.74) is -0.175. The summed E-state index contributed by atoms with van der Waals surface area (Å²) in [7, 11) is 1.68. The highest BCUT2D eigenvalue weighted by Crippen LogP contribution is 2.23. The summed E-state index contributed by atoms with van der Waals surface area (Å²) in [6.07, 6.45) is 1.57. The van der Waals surface area contributed by atoms with Crippen molar-refractivity contribution in [3.63, 3.8) is 0 Å². The van der Waals surface area contributed by atoms with Crippen molar-refractivity contribution in [3.8, 4) is 0 Å². The SMILES string of the molecule is CN(C(=O)NCc1ccco1)C(CO)C(C)(C)C. The molecule has 0 saturated heterocycles. The predicted molar refractivity (Wildman–Crippen MR) is 69.0 cm³/mol. The molecule has 102 valence electrons. The lowest BCUT2D eigenvalue weighted by molar-refractivity contribution is 0.0831. The number of rotatable bonds is 4. The lowest BCUT2D eigenvalue weighted by atomic mass is 9.86. The van der Waals surface area contributed by atoms with Crippen LogP contribution in [0.2, 0.25) is 0 Å². The van der Waals surface area contributed by atoms with Crippen molar-refractivity contribution < 1.29 is 14.3 Å². The zero-order valence-electron chi connectivity index (χ0n) is 11.4. The number of carbonyl (C=O) groups excluding carboxylic acids is 1. The van der Waals surface area contributed by atoms with Gasteiger partial charge in [0.25, 0.3) is 0 Å². The van der Waals surface area contributed by atoms with Gasteiger partial charge >= 0.3 is 6.03 Å². The van der Waals surface area contributed by atoms with Gasteiger partial charge in [0, 0.05) is 7.05 Å². The van der Waals surface area contributed by atoms with Gasteiger partial charge in [-0.2, -0.15) is 0 Å². The summed E-state index contributed by atoms with van der Waals surface area (Å²) >= 11 is 0. The molecular weight excluding hydrogens is 232 g/mol. The van der Waals surface area contributed by atoms with E-state index in [4.69, 9.17) is 4.42 Å². The van der Waals surface area contributed by atoms with Crippen LogP contribution in [0.3, 0.4) is 0 Å². The van der Waals surface area contributed by atoms with Crippen LogP contribution in [0.1, 0.15) is 26.5 Å². The molecular formula is C13H22N2O3. The molecule has 5 heteroatoms. The number of aliphatic hydroxyl groups is 1. The molecule has 2 amide bonds. The Hall–Kier alpha value is -1.49. The Kier molecular flexibility index (Phi) is 4.78. The molecule has 0 aliphatic heterocycles. The highest BCUT2D eigenvalue weighted by atomic mass is 16.3. The summed E-state index contributed by atoms with van der Waals surface area (Å²) < 4.78 is 5.14. The number of nitrogens with zero attached hydrogens (tertiary/aromatic N) is 1. The number of nitrogens with one attached hydrogen (secondary N) is 1. The van der Waals surface area contributed by atoms with E-state index in [2.05, 4.69) is 5.32 Å². The molecule has 1 heterocycles. The van der Waals surface area contributed by atoms with Crippen molar-refractivity contribution in [2.45, 2.75) is 33.4 Å². The van der Waals surface area contributed by atoms with E-state index in [9.17, 15) is 9.90 Å². The van der Waals surface area contributed by atoms with Crippen LogP contribution in [-0.2, 0) is 6.54 Å². The van der Waals surface area contributed by atoms with Crippen LogP contribution in [0.15, 0.2) is 22.8 Å². The van der Waals surface area contributed by atoms with E-state index in [0.717, 1.165) is 0 Å². The molecule has 0 spiro atoms. The smallest absolute Gasteiger partial charge is 0.317 e. The number of furan rings is 1. The fraction of sp³-hybridized carbons (Fsp3) is 0.615. The highest BCUT2D eigenvalue weighted by Gasteiger charge is 2.30. The van der Waals surface area contributed by atoms with Gasteiger partial charge in [-0.3, -0.25) is 0 Å². The number of hydrogen-bond acceptors (Lipinski definition) is 3. The van der Waals surface area contributed by atoms with E-state index in [1.54, 1.807) is 25.4 Å². The first-order valence-corrected chi connectivity index (χ1v) is 6.00. The monoisotopic (exact) mass is 254 g/mol. The standard InChI is InChI=1S/C13H22N2O3/c1-13(2,3)11(9-16)15(4)12(17)14-8-10-6-5-7-18-10/h5-7,11,16H,8-9H2,1-4H3,(H,14,17). The fourth-order valence-corrected chi connectivity index (χ4v) is 1.82. The molecule has 0 bridgehead atoms. The largest absolute Gasteiger partial charge is 0.467 e. The van der Waals surface area contributed by atoms with Crippen LogP contribution >= 0.6 is 0 Å². The summed E-state index contributed by atoms with van der Waals surface area (Å²) in [5.74, 6) is 0.702. The Balaban J connectivity index is 2.55. The van der Waals surface area contributed by atoms with E-state index in [0.29, 0.717) is 12.3 Å². The van der Waals surface area contributed by atoms with Crippen LogP contribution in [0.4, 0.5) is 4.79 Å². The topological polar surface area (TPSA) is 65.7 Å². The second-order valence-corrected chi connectivity index (χ2v) is 5.41.